The zero-order chi connectivity index (χ0) is 20.6. The predicted molar refractivity (Wildman–Crippen MR) is 108 cm³/mol. The van der Waals surface area contributed by atoms with Crippen LogP contribution in [0.4, 0.5) is 0 Å². The molecule has 1 aliphatic rings. The van der Waals surface area contributed by atoms with Crippen molar-refractivity contribution in [3.63, 3.8) is 0 Å². The van der Waals surface area contributed by atoms with Gasteiger partial charge in [0.1, 0.15) is 0 Å². The van der Waals surface area contributed by atoms with Crippen LogP contribution in [0.5, 0.6) is 0 Å². The van der Waals surface area contributed by atoms with Gasteiger partial charge in [0, 0.05) is 25.5 Å². The molecule has 2 aromatic rings. The molecule has 1 aromatic carbocycles. The van der Waals surface area contributed by atoms with Gasteiger partial charge in [0.25, 0.3) is 5.56 Å². The number of hydrogen-bond acceptors (Lipinski definition) is 5. The number of nitrogens with one attached hydrogen (secondary N) is 1. The molecular formula is C22H28N3O4-. The first-order valence-corrected chi connectivity index (χ1v) is 10.5. The lowest BCUT2D eigenvalue weighted by Gasteiger charge is -2.29. The number of aliphatic carboxylic acids is 1. The van der Waals surface area contributed by atoms with Gasteiger partial charge in [-0.05, 0) is 62.5 Å². The molecule has 29 heavy (non-hydrogen) atoms. The first-order chi connectivity index (χ1) is 14.0. The van der Waals surface area contributed by atoms with Crippen LogP contribution in [-0.2, 0) is 16.1 Å². The van der Waals surface area contributed by atoms with Crippen molar-refractivity contribution < 1.29 is 14.7 Å². The minimum atomic E-state index is -0.950. The molecule has 156 valence electrons. The van der Waals surface area contributed by atoms with Crippen LogP contribution in [0.3, 0.4) is 0 Å². The summed E-state index contributed by atoms with van der Waals surface area (Å²) in [5, 5.41) is 14.5. The highest BCUT2D eigenvalue weighted by Crippen LogP contribution is 2.27. The Hall–Kier alpha value is -2.70. The Kier molecular flexibility index (Phi) is 7.38. The highest BCUT2D eigenvalue weighted by Gasteiger charge is 2.22. The van der Waals surface area contributed by atoms with Gasteiger partial charge in [0.15, 0.2) is 0 Å². The number of para-hydroxylation sites is 1. The lowest BCUT2D eigenvalue weighted by Crippen LogP contribution is -2.36. The number of nitrogens with zero attached hydrogens (tertiary/aromatic N) is 2. The third-order valence-electron chi connectivity index (χ3n) is 5.80. The van der Waals surface area contributed by atoms with Crippen molar-refractivity contribution in [3.8, 4) is 0 Å². The third kappa shape index (κ3) is 5.89. The second-order valence-electron chi connectivity index (χ2n) is 7.91. The topological polar surface area (TPSA) is 104 Å². The zero-order valence-electron chi connectivity index (χ0n) is 16.6. The summed E-state index contributed by atoms with van der Waals surface area (Å²) >= 11 is 0. The summed E-state index contributed by atoms with van der Waals surface area (Å²) in [4.78, 5) is 39.6. The normalized spacial score (nSPS) is 19.2. The number of rotatable bonds is 9. The Morgan fingerprint density at radius 1 is 1.10 bits per heavy atom. The average molecular weight is 398 g/mol. The molecule has 0 saturated heterocycles. The molecular weight excluding hydrogens is 370 g/mol. The summed E-state index contributed by atoms with van der Waals surface area (Å²) in [5.41, 5.74) is 0.681. The lowest BCUT2D eigenvalue weighted by atomic mass is 9.82. The minimum Gasteiger partial charge on any atom is -0.550 e. The van der Waals surface area contributed by atoms with Crippen molar-refractivity contribution in [1.82, 2.24) is 14.9 Å². The number of amides is 1. The van der Waals surface area contributed by atoms with Gasteiger partial charge < -0.3 is 15.2 Å². The Morgan fingerprint density at radius 2 is 1.86 bits per heavy atom. The van der Waals surface area contributed by atoms with E-state index < -0.39 is 5.97 Å². The molecule has 0 atom stereocenters. The number of aryl methyl sites for hydroxylation is 1. The first kappa shape index (κ1) is 21.0. The second kappa shape index (κ2) is 10.2. The molecule has 1 fully saturated rings. The molecule has 7 nitrogen and oxygen atoms in total. The van der Waals surface area contributed by atoms with E-state index in [9.17, 15) is 19.5 Å². The highest BCUT2D eigenvalue weighted by atomic mass is 16.4. The monoisotopic (exact) mass is 398 g/mol. The molecule has 7 heteroatoms. The van der Waals surface area contributed by atoms with Gasteiger partial charge in [-0.15, -0.1) is 0 Å². The Morgan fingerprint density at radius 3 is 2.62 bits per heavy atom. The van der Waals surface area contributed by atoms with Crippen molar-refractivity contribution in [2.24, 2.45) is 11.8 Å². The number of benzene rings is 1. The molecule has 1 amide bonds. The van der Waals surface area contributed by atoms with Gasteiger partial charge in [0.05, 0.1) is 17.2 Å². The van der Waals surface area contributed by atoms with Gasteiger partial charge in [0.2, 0.25) is 5.91 Å². The number of carboxylic acid groups (broad SMARTS) is 1. The van der Waals surface area contributed by atoms with E-state index in [4.69, 9.17) is 0 Å². The van der Waals surface area contributed by atoms with E-state index in [0.29, 0.717) is 49.2 Å². The van der Waals surface area contributed by atoms with Crippen LogP contribution >= 0.6 is 0 Å². The molecule has 1 N–H and O–H groups in total. The van der Waals surface area contributed by atoms with E-state index in [1.54, 1.807) is 17.0 Å². The molecule has 1 aliphatic carbocycles. The van der Waals surface area contributed by atoms with E-state index in [1.165, 1.54) is 0 Å². The molecule has 0 unspecified atom stereocenters. The largest absolute Gasteiger partial charge is 0.550 e. The highest BCUT2D eigenvalue weighted by molar-refractivity contribution is 5.77. The SMILES string of the molecule is O=C(CCCCCn1cnc2ccccc2c1=O)NCC1CCC(C(=O)[O-])CC1. The second-order valence-corrected chi connectivity index (χ2v) is 7.91. The van der Waals surface area contributed by atoms with Crippen LogP contribution in [0.25, 0.3) is 10.9 Å². The summed E-state index contributed by atoms with van der Waals surface area (Å²) < 4.78 is 1.63. The van der Waals surface area contributed by atoms with Gasteiger partial charge in [-0.1, -0.05) is 18.6 Å². The first-order valence-electron chi connectivity index (χ1n) is 10.5. The van der Waals surface area contributed by atoms with Crippen LogP contribution in [0.1, 0.15) is 51.4 Å². The summed E-state index contributed by atoms with van der Waals surface area (Å²) in [6.45, 7) is 1.22. The molecule has 0 bridgehead atoms. The number of carbonyl (C=O) groups excluding carboxylic acids is 2. The van der Waals surface area contributed by atoms with Crippen molar-refractivity contribution in [2.75, 3.05) is 6.54 Å². The van der Waals surface area contributed by atoms with Crippen molar-refractivity contribution in [1.29, 1.82) is 0 Å². The van der Waals surface area contributed by atoms with Crippen LogP contribution in [0, 0.1) is 11.8 Å². The van der Waals surface area contributed by atoms with Crippen LogP contribution in [-0.4, -0.2) is 28.0 Å². The fraction of sp³-hybridized carbons (Fsp3) is 0.545. The predicted octanol–water partition coefficient (Wildman–Crippen LogP) is 1.63. The summed E-state index contributed by atoms with van der Waals surface area (Å²) in [5.74, 6) is -0.875. The molecule has 0 radical (unpaired) electrons. The summed E-state index contributed by atoms with van der Waals surface area (Å²) in [6, 6.07) is 7.32. The van der Waals surface area contributed by atoms with E-state index >= 15 is 0 Å². The molecule has 1 heterocycles. The zero-order valence-corrected chi connectivity index (χ0v) is 16.6. The maximum Gasteiger partial charge on any atom is 0.261 e. The fourth-order valence-corrected chi connectivity index (χ4v) is 3.96. The van der Waals surface area contributed by atoms with Crippen LogP contribution < -0.4 is 16.0 Å². The molecule has 0 spiro atoms. The Balaban J connectivity index is 1.31. The van der Waals surface area contributed by atoms with Gasteiger partial charge >= 0.3 is 0 Å². The van der Waals surface area contributed by atoms with Gasteiger partial charge in [-0.3, -0.25) is 14.2 Å². The number of fused-ring (bicyclic) bond motifs is 1. The molecule has 0 aliphatic heterocycles. The molecule has 1 saturated carbocycles. The van der Waals surface area contributed by atoms with Crippen molar-refractivity contribution in [2.45, 2.75) is 57.9 Å². The van der Waals surface area contributed by atoms with Crippen LogP contribution in [0.15, 0.2) is 35.4 Å². The molecule has 1 aromatic heterocycles. The number of aromatic nitrogens is 2. The lowest BCUT2D eigenvalue weighted by molar-refractivity contribution is -0.312. The Bertz CT molecular complexity index is 900. The van der Waals surface area contributed by atoms with Gasteiger partial charge in [-0.25, -0.2) is 4.98 Å². The number of hydrogen-bond donors (Lipinski definition) is 1. The Labute approximate surface area is 170 Å². The van der Waals surface area contributed by atoms with Gasteiger partial charge in [-0.2, -0.15) is 0 Å². The maximum absolute atomic E-state index is 12.4. The smallest absolute Gasteiger partial charge is 0.261 e. The number of carbonyl (C=O) groups is 2. The maximum atomic E-state index is 12.4. The van der Waals surface area contributed by atoms with Crippen molar-refractivity contribution in [3.05, 3.63) is 40.9 Å². The summed E-state index contributed by atoms with van der Waals surface area (Å²) in [7, 11) is 0. The number of carboxylic acids is 1. The standard InChI is InChI=1S/C22H29N3O4/c26-20(23-14-16-9-11-17(12-10-16)22(28)29)8-2-1-5-13-25-15-24-19-7-4-3-6-18(19)21(25)27/h3-4,6-7,15-17H,1-2,5,8-14H2,(H,23,26)(H,28,29)/p-1. The minimum absolute atomic E-state index is 0.0262. The van der Waals surface area contributed by atoms with E-state index in [-0.39, 0.29) is 17.4 Å². The van der Waals surface area contributed by atoms with E-state index in [2.05, 4.69) is 10.3 Å². The number of unbranched alkanes of at least 4 members (excludes halogenated alkanes) is 2. The molecule has 3 rings (SSSR count). The average Bonchev–Trinajstić information content (AvgIpc) is 2.74. The third-order valence-corrected chi connectivity index (χ3v) is 5.80. The summed E-state index contributed by atoms with van der Waals surface area (Å²) in [6.07, 6.45) is 7.47. The quantitative estimate of drug-likeness (QED) is 0.647. The van der Waals surface area contributed by atoms with E-state index in [0.717, 1.165) is 32.1 Å². The van der Waals surface area contributed by atoms with Crippen molar-refractivity contribution >= 4 is 22.8 Å². The fourth-order valence-electron chi connectivity index (χ4n) is 3.96. The van der Waals surface area contributed by atoms with E-state index in [1.807, 2.05) is 18.2 Å². The van der Waals surface area contributed by atoms with Crippen LogP contribution in [0.2, 0.25) is 0 Å².